The Morgan fingerprint density at radius 2 is 1.90 bits per heavy atom. The number of aromatic nitrogens is 6. The standard InChI is InChI=1S/C30H33FN6O3/c1-17-28(36(4)35-34-17)21-15-25-22(14-23(21)31)27-26(12-19(16-33-27)30(2,3)38)37(25)29(18-7-10-40-11-8-18)24-13-20(39-5)6-9-32-24/h6,9,12-16,18,29,38H,7-8,10-11H2,1-5H3. The van der Waals surface area contributed by atoms with Gasteiger partial charge >= 0.3 is 0 Å². The SMILES string of the molecule is COc1ccnc(C(C2CCOCC2)n2c3cc(-c4c(C)nnn4C)c(F)cc3c3ncc(C(C)(C)O)cc32)c1. The first kappa shape index (κ1) is 26.3. The molecule has 0 bridgehead atoms. The second-order valence-corrected chi connectivity index (χ2v) is 11.0. The van der Waals surface area contributed by atoms with E-state index in [4.69, 9.17) is 19.4 Å². The van der Waals surface area contributed by atoms with E-state index in [-0.39, 0.29) is 17.8 Å². The molecule has 1 unspecified atom stereocenters. The van der Waals surface area contributed by atoms with Gasteiger partial charge in [-0.1, -0.05) is 5.21 Å². The molecule has 0 aliphatic carbocycles. The van der Waals surface area contributed by atoms with Crippen LogP contribution in [0.5, 0.6) is 5.75 Å². The summed E-state index contributed by atoms with van der Waals surface area (Å²) in [5, 5.41) is 19.8. The molecule has 1 aliphatic heterocycles. The minimum absolute atomic E-state index is 0.187. The molecule has 1 N–H and O–H groups in total. The van der Waals surface area contributed by atoms with Crippen molar-refractivity contribution in [2.24, 2.45) is 13.0 Å². The van der Waals surface area contributed by atoms with Crippen LogP contribution in [-0.4, -0.2) is 55.0 Å². The molecule has 5 heterocycles. The number of benzene rings is 1. The number of pyridine rings is 2. The Kier molecular flexibility index (Phi) is 6.54. The fourth-order valence-electron chi connectivity index (χ4n) is 5.90. The van der Waals surface area contributed by atoms with Crippen LogP contribution in [0.25, 0.3) is 33.2 Å². The van der Waals surface area contributed by atoms with Crippen LogP contribution in [0.15, 0.2) is 42.7 Å². The molecular weight excluding hydrogens is 511 g/mol. The number of fused-ring (bicyclic) bond motifs is 3. The third-order valence-electron chi connectivity index (χ3n) is 7.97. The van der Waals surface area contributed by atoms with Gasteiger partial charge in [0.25, 0.3) is 0 Å². The first-order valence-corrected chi connectivity index (χ1v) is 13.5. The molecule has 40 heavy (non-hydrogen) atoms. The average Bonchev–Trinajstić information content (AvgIpc) is 3.44. The van der Waals surface area contributed by atoms with Crippen molar-refractivity contribution >= 4 is 21.9 Å². The Morgan fingerprint density at radius 3 is 2.58 bits per heavy atom. The number of halogens is 1. The maximum Gasteiger partial charge on any atom is 0.133 e. The average molecular weight is 545 g/mol. The Labute approximate surface area is 231 Å². The van der Waals surface area contributed by atoms with Crippen LogP contribution in [0, 0.1) is 18.7 Å². The molecule has 10 heteroatoms. The number of aliphatic hydroxyl groups is 1. The van der Waals surface area contributed by atoms with Crippen molar-refractivity contribution in [2.75, 3.05) is 20.3 Å². The Bertz CT molecular complexity index is 1700. The van der Waals surface area contributed by atoms with E-state index in [9.17, 15) is 5.11 Å². The predicted octanol–water partition coefficient (Wildman–Crippen LogP) is 5.08. The predicted molar refractivity (Wildman–Crippen MR) is 150 cm³/mol. The largest absolute Gasteiger partial charge is 0.497 e. The van der Waals surface area contributed by atoms with Crippen LogP contribution in [0.4, 0.5) is 4.39 Å². The zero-order valence-electron chi connectivity index (χ0n) is 23.3. The summed E-state index contributed by atoms with van der Waals surface area (Å²) in [6, 6.07) is 8.95. The van der Waals surface area contributed by atoms with Crippen LogP contribution in [-0.2, 0) is 17.4 Å². The molecule has 6 rings (SSSR count). The van der Waals surface area contributed by atoms with E-state index >= 15 is 4.39 Å². The van der Waals surface area contributed by atoms with E-state index in [2.05, 4.69) is 14.9 Å². The lowest BCUT2D eigenvalue weighted by Crippen LogP contribution is -2.27. The van der Waals surface area contributed by atoms with Crippen LogP contribution in [0.2, 0.25) is 0 Å². The van der Waals surface area contributed by atoms with E-state index in [0.29, 0.717) is 52.4 Å². The summed E-state index contributed by atoms with van der Waals surface area (Å²) in [5.74, 6) is 0.517. The number of ether oxygens (including phenoxy) is 2. The lowest BCUT2D eigenvalue weighted by molar-refractivity contribution is 0.0547. The number of nitrogens with zero attached hydrogens (tertiary/aromatic N) is 6. The van der Waals surface area contributed by atoms with Gasteiger partial charge in [-0.05, 0) is 63.8 Å². The second-order valence-electron chi connectivity index (χ2n) is 11.0. The Balaban J connectivity index is 1.72. The monoisotopic (exact) mass is 544 g/mol. The first-order chi connectivity index (χ1) is 19.2. The fourth-order valence-corrected chi connectivity index (χ4v) is 5.90. The van der Waals surface area contributed by atoms with Crippen molar-refractivity contribution in [3.63, 3.8) is 0 Å². The number of hydrogen-bond acceptors (Lipinski definition) is 7. The molecule has 1 fully saturated rings. The normalized spacial score (nSPS) is 15.7. The highest BCUT2D eigenvalue weighted by Crippen LogP contribution is 2.42. The van der Waals surface area contributed by atoms with E-state index in [1.165, 1.54) is 0 Å². The van der Waals surface area contributed by atoms with Crippen molar-refractivity contribution in [3.8, 4) is 17.0 Å². The summed E-state index contributed by atoms with van der Waals surface area (Å²) < 4.78 is 30.9. The minimum Gasteiger partial charge on any atom is -0.497 e. The highest BCUT2D eigenvalue weighted by Gasteiger charge is 2.33. The lowest BCUT2D eigenvalue weighted by atomic mass is 9.88. The molecule has 0 amide bonds. The van der Waals surface area contributed by atoms with Crippen LogP contribution in [0.1, 0.15) is 49.7 Å². The molecule has 0 saturated carbocycles. The van der Waals surface area contributed by atoms with Gasteiger partial charge in [0, 0.05) is 55.2 Å². The van der Waals surface area contributed by atoms with E-state index in [1.807, 2.05) is 31.2 Å². The van der Waals surface area contributed by atoms with Crippen molar-refractivity contribution in [3.05, 3.63) is 65.5 Å². The molecule has 0 radical (unpaired) electrons. The summed E-state index contributed by atoms with van der Waals surface area (Å²) in [4.78, 5) is 9.58. The minimum atomic E-state index is -1.11. The fraction of sp³-hybridized carbons (Fsp3) is 0.400. The van der Waals surface area contributed by atoms with E-state index < -0.39 is 5.60 Å². The molecule has 0 spiro atoms. The van der Waals surface area contributed by atoms with Crippen LogP contribution < -0.4 is 4.74 Å². The third-order valence-corrected chi connectivity index (χ3v) is 7.97. The number of methoxy groups -OCH3 is 1. The Morgan fingerprint density at radius 1 is 1.12 bits per heavy atom. The molecule has 1 aromatic carbocycles. The lowest BCUT2D eigenvalue weighted by Gasteiger charge is -2.32. The second kappa shape index (κ2) is 9.94. The van der Waals surface area contributed by atoms with Gasteiger partial charge in [-0.15, -0.1) is 5.10 Å². The molecule has 9 nitrogen and oxygen atoms in total. The summed E-state index contributed by atoms with van der Waals surface area (Å²) in [6.45, 7) is 6.59. The summed E-state index contributed by atoms with van der Waals surface area (Å²) in [5.41, 5.74) is 4.33. The van der Waals surface area contributed by atoms with Gasteiger partial charge in [0.05, 0.1) is 52.4 Å². The van der Waals surface area contributed by atoms with Crippen molar-refractivity contribution in [1.82, 2.24) is 29.5 Å². The van der Waals surface area contributed by atoms with Gasteiger partial charge in [-0.3, -0.25) is 9.97 Å². The van der Waals surface area contributed by atoms with Gasteiger partial charge < -0.3 is 19.1 Å². The number of rotatable bonds is 6. The van der Waals surface area contributed by atoms with Gasteiger partial charge in [-0.25, -0.2) is 9.07 Å². The molecule has 5 aromatic rings. The van der Waals surface area contributed by atoms with Gasteiger partial charge in [0.1, 0.15) is 11.6 Å². The molecule has 4 aromatic heterocycles. The highest BCUT2D eigenvalue weighted by molar-refractivity contribution is 6.07. The maximum atomic E-state index is 15.8. The molecule has 1 aliphatic rings. The highest BCUT2D eigenvalue weighted by atomic mass is 19.1. The number of hydrogen-bond donors (Lipinski definition) is 1. The zero-order valence-corrected chi connectivity index (χ0v) is 23.3. The Hall–Kier alpha value is -3.89. The van der Waals surface area contributed by atoms with Crippen LogP contribution >= 0.6 is 0 Å². The quantitative estimate of drug-likeness (QED) is 0.318. The van der Waals surface area contributed by atoms with E-state index in [1.54, 1.807) is 51.1 Å². The van der Waals surface area contributed by atoms with E-state index in [0.717, 1.165) is 29.6 Å². The molecule has 208 valence electrons. The van der Waals surface area contributed by atoms with Crippen molar-refractivity contribution < 1.29 is 19.0 Å². The third kappa shape index (κ3) is 4.41. The van der Waals surface area contributed by atoms with Gasteiger partial charge in [0.2, 0.25) is 0 Å². The van der Waals surface area contributed by atoms with Gasteiger partial charge in [0.15, 0.2) is 0 Å². The molecule has 1 saturated heterocycles. The first-order valence-electron chi connectivity index (χ1n) is 13.5. The zero-order chi connectivity index (χ0) is 28.2. The van der Waals surface area contributed by atoms with Crippen molar-refractivity contribution in [1.29, 1.82) is 0 Å². The summed E-state index contributed by atoms with van der Waals surface area (Å²) in [6.07, 6.45) is 5.09. The smallest absolute Gasteiger partial charge is 0.133 e. The molecule has 1 atom stereocenters. The topological polar surface area (TPSA) is 100 Å². The summed E-state index contributed by atoms with van der Waals surface area (Å²) in [7, 11) is 3.40. The molecular formula is C30H33FN6O3. The maximum absolute atomic E-state index is 15.8. The van der Waals surface area contributed by atoms with Gasteiger partial charge in [-0.2, -0.15) is 0 Å². The van der Waals surface area contributed by atoms with Crippen molar-refractivity contribution in [2.45, 2.75) is 45.3 Å². The number of aryl methyl sites for hydroxylation is 2. The van der Waals surface area contributed by atoms with Crippen LogP contribution in [0.3, 0.4) is 0 Å². The summed E-state index contributed by atoms with van der Waals surface area (Å²) >= 11 is 0.